The highest BCUT2D eigenvalue weighted by Crippen LogP contribution is 2.20. The smallest absolute Gasteiger partial charge is 0.328 e. The topological polar surface area (TPSA) is 226 Å². The highest BCUT2D eigenvalue weighted by atomic mass is 16.4. The minimum Gasteiger partial charge on any atom is -0.480 e. The molecule has 0 bridgehead atoms. The lowest BCUT2D eigenvalue weighted by Crippen LogP contribution is -2.57. The van der Waals surface area contributed by atoms with E-state index in [4.69, 9.17) is 27.4 Å². The molecule has 0 spiro atoms. The lowest BCUT2D eigenvalue weighted by atomic mass is 10.0. The van der Waals surface area contributed by atoms with Crippen LogP contribution in [0, 0.1) is 5.92 Å². The van der Waals surface area contributed by atoms with Crippen LogP contribution in [0.1, 0.15) is 46.0 Å². The van der Waals surface area contributed by atoms with Crippen LogP contribution in [0.5, 0.6) is 0 Å². The molecule has 0 aliphatic carbocycles. The molecule has 1 fully saturated rings. The van der Waals surface area contributed by atoms with Gasteiger partial charge in [0, 0.05) is 13.1 Å². The van der Waals surface area contributed by atoms with Crippen LogP contribution in [0.2, 0.25) is 0 Å². The molecule has 0 aromatic carbocycles. The van der Waals surface area contributed by atoms with E-state index in [0.717, 1.165) is 0 Å². The summed E-state index contributed by atoms with van der Waals surface area (Å²) in [5.74, 6) is -3.01. The van der Waals surface area contributed by atoms with Gasteiger partial charge in [-0.2, -0.15) is 0 Å². The number of rotatable bonds is 13. The van der Waals surface area contributed by atoms with Crippen molar-refractivity contribution in [2.75, 3.05) is 19.7 Å². The fraction of sp³-hybridized carbons (Fsp3) is 0.750. The SMILES string of the molecule is CC(C)CC(NC(=O)C1CCCN1C(=O)C(N)CCCN=C(N)N)C(=O)NC(CO)C(=O)O. The van der Waals surface area contributed by atoms with Crippen molar-refractivity contribution in [3.8, 4) is 0 Å². The lowest BCUT2D eigenvalue weighted by molar-refractivity contribution is -0.144. The average molecular weight is 472 g/mol. The first-order chi connectivity index (χ1) is 15.5. The van der Waals surface area contributed by atoms with Crippen LogP contribution in [0.15, 0.2) is 4.99 Å². The quantitative estimate of drug-likeness (QED) is 0.0850. The fourth-order valence-electron chi connectivity index (χ4n) is 3.59. The monoisotopic (exact) mass is 471 g/mol. The Morgan fingerprint density at radius 2 is 1.82 bits per heavy atom. The number of carboxylic acid groups (broad SMARTS) is 1. The maximum Gasteiger partial charge on any atom is 0.328 e. The Kier molecular flexibility index (Phi) is 11.6. The van der Waals surface area contributed by atoms with Crippen LogP contribution in [-0.2, 0) is 19.2 Å². The van der Waals surface area contributed by atoms with Gasteiger partial charge in [0.1, 0.15) is 18.1 Å². The number of likely N-dealkylation sites (tertiary alicyclic amines) is 1. The number of aliphatic carboxylic acids is 1. The van der Waals surface area contributed by atoms with E-state index in [9.17, 15) is 19.2 Å². The van der Waals surface area contributed by atoms with Crippen molar-refractivity contribution in [3.63, 3.8) is 0 Å². The molecule has 0 saturated carbocycles. The molecule has 1 aliphatic heterocycles. The Bertz CT molecular complexity index is 726. The molecule has 1 saturated heterocycles. The van der Waals surface area contributed by atoms with E-state index in [2.05, 4.69) is 15.6 Å². The second-order valence-electron chi connectivity index (χ2n) is 8.52. The second-order valence-corrected chi connectivity index (χ2v) is 8.52. The highest BCUT2D eigenvalue weighted by molar-refractivity contribution is 5.94. The zero-order chi connectivity index (χ0) is 25.1. The number of guanidine groups is 1. The molecule has 1 aliphatic rings. The summed E-state index contributed by atoms with van der Waals surface area (Å²) in [4.78, 5) is 54.7. The highest BCUT2D eigenvalue weighted by Gasteiger charge is 2.37. The second kappa shape index (κ2) is 13.6. The fourth-order valence-corrected chi connectivity index (χ4v) is 3.59. The number of hydrogen-bond acceptors (Lipinski definition) is 7. The van der Waals surface area contributed by atoms with Crippen molar-refractivity contribution < 1.29 is 29.4 Å². The molecule has 10 N–H and O–H groups in total. The maximum absolute atomic E-state index is 13.0. The summed E-state index contributed by atoms with van der Waals surface area (Å²) in [6, 6.07) is -4.10. The van der Waals surface area contributed by atoms with Gasteiger partial charge < -0.3 is 42.9 Å². The van der Waals surface area contributed by atoms with Gasteiger partial charge in [0.25, 0.3) is 0 Å². The summed E-state index contributed by atoms with van der Waals surface area (Å²) in [7, 11) is 0. The Morgan fingerprint density at radius 1 is 1.15 bits per heavy atom. The molecule has 0 aromatic heterocycles. The van der Waals surface area contributed by atoms with Gasteiger partial charge in [-0.15, -0.1) is 0 Å². The zero-order valence-electron chi connectivity index (χ0n) is 19.2. The van der Waals surface area contributed by atoms with Gasteiger partial charge in [-0.3, -0.25) is 19.4 Å². The normalized spacial score (nSPS) is 18.3. The number of aliphatic hydroxyl groups is 1. The standard InChI is InChI=1S/C20H37N7O6/c1-11(2)9-13(16(29)26-14(10-28)19(32)33)25-17(30)15-6-4-8-27(15)18(31)12(21)5-3-7-24-20(22)23/h11-15,28H,3-10,21H2,1-2H3,(H,25,30)(H,26,29)(H,32,33)(H4,22,23,24). The van der Waals surface area contributed by atoms with Crippen LogP contribution in [0.25, 0.3) is 0 Å². The van der Waals surface area contributed by atoms with E-state index in [0.29, 0.717) is 38.8 Å². The van der Waals surface area contributed by atoms with E-state index < -0.39 is 48.6 Å². The molecule has 1 heterocycles. The number of nitrogens with zero attached hydrogens (tertiary/aromatic N) is 2. The first-order valence-corrected chi connectivity index (χ1v) is 11.0. The minimum atomic E-state index is -1.48. The molecule has 188 valence electrons. The Labute approximate surface area is 193 Å². The van der Waals surface area contributed by atoms with Gasteiger partial charge in [0.2, 0.25) is 17.7 Å². The molecule has 13 nitrogen and oxygen atoms in total. The third kappa shape index (κ3) is 9.22. The van der Waals surface area contributed by atoms with Crippen LogP contribution in [0.3, 0.4) is 0 Å². The predicted molar refractivity (Wildman–Crippen MR) is 121 cm³/mol. The van der Waals surface area contributed by atoms with Crippen LogP contribution >= 0.6 is 0 Å². The van der Waals surface area contributed by atoms with E-state index in [1.54, 1.807) is 0 Å². The Balaban J connectivity index is 2.80. The number of hydrogen-bond donors (Lipinski definition) is 7. The third-order valence-corrected chi connectivity index (χ3v) is 5.26. The number of aliphatic hydroxyl groups excluding tert-OH is 1. The van der Waals surface area contributed by atoms with Gasteiger partial charge in [-0.25, -0.2) is 4.79 Å². The summed E-state index contributed by atoms with van der Waals surface area (Å²) in [5, 5.41) is 23.1. The summed E-state index contributed by atoms with van der Waals surface area (Å²) in [6.07, 6.45) is 2.12. The van der Waals surface area contributed by atoms with Crippen molar-refractivity contribution in [2.24, 2.45) is 28.1 Å². The molecule has 3 amide bonds. The molecule has 4 unspecified atom stereocenters. The summed E-state index contributed by atoms with van der Waals surface area (Å²) < 4.78 is 0. The number of carbonyl (C=O) groups excluding carboxylic acids is 3. The molecular weight excluding hydrogens is 434 g/mol. The zero-order valence-corrected chi connectivity index (χ0v) is 19.2. The molecule has 33 heavy (non-hydrogen) atoms. The average Bonchev–Trinajstić information content (AvgIpc) is 3.22. The molecule has 0 radical (unpaired) electrons. The third-order valence-electron chi connectivity index (χ3n) is 5.26. The van der Waals surface area contributed by atoms with Gasteiger partial charge in [-0.05, 0) is 38.0 Å². The van der Waals surface area contributed by atoms with Crippen LogP contribution in [0.4, 0.5) is 0 Å². The Hall–Kier alpha value is -2.93. The van der Waals surface area contributed by atoms with Gasteiger partial charge >= 0.3 is 5.97 Å². The number of aliphatic imine (C=N–C) groups is 1. The summed E-state index contributed by atoms with van der Waals surface area (Å²) >= 11 is 0. The van der Waals surface area contributed by atoms with Crippen molar-refractivity contribution in [3.05, 3.63) is 0 Å². The van der Waals surface area contributed by atoms with Crippen molar-refractivity contribution >= 4 is 29.7 Å². The minimum absolute atomic E-state index is 0.0124. The van der Waals surface area contributed by atoms with E-state index >= 15 is 0 Å². The number of nitrogens with one attached hydrogen (secondary N) is 2. The Morgan fingerprint density at radius 3 is 2.36 bits per heavy atom. The molecular formula is C20H37N7O6. The largest absolute Gasteiger partial charge is 0.480 e. The summed E-state index contributed by atoms with van der Waals surface area (Å²) in [5.41, 5.74) is 16.5. The van der Waals surface area contributed by atoms with Gasteiger partial charge in [0.05, 0.1) is 12.6 Å². The van der Waals surface area contributed by atoms with Crippen molar-refractivity contribution in [2.45, 2.75) is 70.1 Å². The molecule has 0 aromatic rings. The van der Waals surface area contributed by atoms with E-state index in [1.807, 2.05) is 13.8 Å². The maximum atomic E-state index is 13.0. The van der Waals surface area contributed by atoms with E-state index in [1.165, 1.54) is 4.90 Å². The molecule has 4 atom stereocenters. The lowest BCUT2D eigenvalue weighted by Gasteiger charge is -2.29. The van der Waals surface area contributed by atoms with E-state index in [-0.39, 0.29) is 24.2 Å². The van der Waals surface area contributed by atoms with Crippen LogP contribution < -0.4 is 27.8 Å². The van der Waals surface area contributed by atoms with Crippen molar-refractivity contribution in [1.82, 2.24) is 15.5 Å². The summed E-state index contributed by atoms with van der Waals surface area (Å²) in [6.45, 7) is 3.62. The van der Waals surface area contributed by atoms with Crippen molar-refractivity contribution in [1.29, 1.82) is 0 Å². The number of amides is 3. The number of carbonyl (C=O) groups is 4. The molecule has 13 heteroatoms. The van der Waals surface area contributed by atoms with Gasteiger partial charge in [-0.1, -0.05) is 13.8 Å². The first kappa shape index (κ1) is 28.1. The molecule has 1 rings (SSSR count). The van der Waals surface area contributed by atoms with Crippen LogP contribution in [-0.4, -0.2) is 88.6 Å². The predicted octanol–water partition coefficient (Wildman–Crippen LogP) is -2.55. The van der Waals surface area contributed by atoms with Gasteiger partial charge in [0.15, 0.2) is 5.96 Å². The first-order valence-electron chi connectivity index (χ1n) is 11.0. The number of carboxylic acids is 1. The number of nitrogens with two attached hydrogens (primary N) is 3.